The zero-order valence-electron chi connectivity index (χ0n) is 28.3. The van der Waals surface area contributed by atoms with E-state index in [0.29, 0.717) is 5.92 Å². The molecule has 0 aliphatic carbocycles. The van der Waals surface area contributed by atoms with E-state index in [4.69, 9.17) is 0 Å². The van der Waals surface area contributed by atoms with Crippen LogP contribution in [-0.2, 0) is 23.3 Å². The van der Waals surface area contributed by atoms with Crippen LogP contribution in [0.1, 0.15) is 42.0 Å². The average molecular weight is 692 g/mol. The van der Waals surface area contributed by atoms with Crippen molar-refractivity contribution >= 4 is 28.4 Å². The quantitative estimate of drug-likeness (QED) is 0.127. The summed E-state index contributed by atoms with van der Waals surface area (Å²) in [6.45, 7) is 14.1. The summed E-state index contributed by atoms with van der Waals surface area (Å²) in [7, 11) is 0. The number of rotatable bonds is 4. The van der Waals surface area contributed by atoms with Crippen molar-refractivity contribution in [2.24, 2.45) is 0 Å². The van der Waals surface area contributed by atoms with Crippen LogP contribution < -0.4 is 0 Å². The molecule has 0 amide bonds. The monoisotopic (exact) mass is 690 g/mol. The summed E-state index contributed by atoms with van der Waals surface area (Å²) < 4.78 is 0. The van der Waals surface area contributed by atoms with Gasteiger partial charge in [0.25, 0.3) is 0 Å². The molecule has 0 saturated heterocycles. The van der Waals surface area contributed by atoms with Gasteiger partial charge in [-0.2, -0.15) is 12.1 Å². The van der Waals surface area contributed by atoms with Crippen molar-refractivity contribution in [3.05, 3.63) is 171 Å². The maximum atomic E-state index is 3.06. The first-order valence-electron chi connectivity index (χ1n) is 15.2. The minimum atomic E-state index is 0. The zero-order valence-corrected chi connectivity index (χ0v) is 31.7. The van der Waals surface area contributed by atoms with Crippen molar-refractivity contribution in [3.8, 4) is 33.4 Å². The first kappa shape index (κ1) is 36.9. The standard InChI is InChI=1S/C22H17.C20H21.2CH3.Si.Zr/c1-16-12-20-14-19(17-8-4-2-5-9-17)15-22(21(20)13-16)18-10-6-3-7-11-18;1-13(2)17-11-16-6-5-7-19(20(16)12-17)18-9-14(3)8-15(4)10-18;;;;/h2-15H,1H3;5-13H,1-4H3;2*1H3;;/q4*-1;;. The van der Waals surface area contributed by atoms with Crippen molar-refractivity contribution in [1.29, 1.82) is 0 Å². The van der Waals surface area contributed by atoms with Crippen LogP contribution >= 0.6 is 0 Å². The van der Waals surface area contributed by atoms with Gasteiger partial charge in [-0.15, -0.1) is 63.0 Å². The van der Waals surface area contributed by atoms with Crippen molar-refractivity contribution in [1.82, 2.24) is 0 Å². The molecule has 0 nitrogen and oxygen atoms in total. The topological polar surface area (TPSA) is 0 Å². The van der Waals surface area contributed by atoms with Gasteiger partial charge in [-0.3, -0.25) is 0 Å². The van der Waals surface area contributed by atoms with Gasteiger partial charge in [0.15, 0.2) is 0 Å². The Morgan fingerprint density at radius 3 is 1.70 bits per heavy atom. The van der Waals surface area contributed by atoms with Crippen LogP contribution in [-0.4, -0.2) is 6.88 Å². The van der Waals surface area contributed by atoms with Crippen LogP contribution in [0.2, 0.25) is 0 Å². The molecule has 0 aliphatic rings. The van der Waals surface area contributed by atoms with Gasteiger partial charge in [0.2, 0.25) is 0 Å². The molecule has 232 valence electrons. The third-order valence-corrected chi connectivity index (χ3v) is 8.13. The summed E-state index contributed by atoms with van der Waals surface area (Å²) in [5.74, 6) is 0.578. The predicted octanol–water partition coefficient (Wildman–Crippen LogP) is 12.7. The van der Waals surface area contributed by atoms with Crippen molar-refractivity contribution in [2.75, 3.05) is 0 Å². The second kappa shape index (κ2) is 16.8. The number of aryl methyl sites for hydroxylation is 3. The fourth-order valence-electron chi connectivity index (χ4n) is 6.10. The predicted molar refractivity (Wildman–Crippen MR) is 202 cm³/mol. The Hall–Kier alpha value is -3.58. The van der Waals surface area contributed by atoms with Gasteiger partial charge in [-0.25, -0.2) is 0 Å². The van der Waals surface area contributed by atoms with E-state index in [1.54, 1.807) is 0 Å². The van der Waals surface area contributed by atoms with Crippen molar-refractivity contribution < 1.29 is 23.3 Å². The van der Waals surface area contributed by atoms with Crippen molar-refractivity contribution in [3.63, 3.8) is 0 Å². The summed E-state index contributed by atoms with van der Waals surface area (Å²) in [6, 6.07) is 48.5. The van der Waals surface area contributed by atoms with Crippen LogP contribution in [0.3, 0.4) is 0 Å². The third kappa shape index (κ3) is 8.41. The fourth-order valence-corrected chi connectivity index (χ4v) is 6.10. The van der Waals surface area contributed by atoms with Gasteiger partial charge in [-0.05, 0) is 36.5 Å². The van der Waals surface area contributed by atoms with Crippen LogP contribution in [0.4, 0.5) is 0 Å². The van der Waals surface area contributed by atoms with Crippen molar-refractivity contribution in [2.45, 2.75) is 40.5 Å². The number of benzene rings is 5. The molecular weight excluding hydrogens is 648 g/mol. The van der Waals surface area contributed by atoms with E-state index >= 15 is 0 Å². The summed E-state index contributed by atoms with van der Waals surface area (Å²) in [4.78, 5) is 0. The van der Waals surface area contributed by atoms with Crippen LogP contribution in [0, 0.1) is 35.6 Å². The first-order valence-corrected chi connectivity index (χ1v) is 19.4. The van der Waals surface area contributed by atoms with Gasteiger partial charge >= 0.3 is 30.2 Å². The Morgan fingerprint density at radius 1 is 0.500 bits per heavy atom. The SMILES string of the molecule is Cc1cc(C)cc(-c2cccc3[cH-]c(C(C)C)cc23)c1.Cc1cc2c(-c3ccccc3)cc(-c3ccccc3)cc2[cH-]1.[CH3-].[CH3-].[Si]=[Zr]. The number of hydrogen-bond donors (Lipinski definition) is 0. The van der Waals surface area contributed by atoms with E-state index in [-0.39, 0.29) is 14.9 Å². The minimum absolute atomic E-state index is 0. The van der Waals surface area contributed by atoms with E-state index in [1.165, 1.54) is 101 Å². The Kier molecular flexibility index (Phi) is 13.5. The molecule has 2 heteroatoms. The van der Waals surface area contributed by atoms with Gasteiger partial charge < -0.3 is 14.9 Å². The molecule has 0 spiro atoms. The van der Waals surface area contributed by atoms with Gasteiger partial charge in [-0.1, -0.05) is 140 Å². The van der Waals surface area contributed by atoms with E-state index in [2.05, 4.69) is 175 Å². The third-order valence-electron chi connectivity index (χ3n) is 8.13. The molecule has 0 bridgehead atoms. The molecule has 7 aromatic rings. The van der Waals surface area contributed by atoms with E-state index < -0.39 is 0 Å². The van der Waals surface area contributed by atoms with E-state index in [1.807, 2.05) is 0 Å². The molecule has 46 heavy (non-hydrogen) atoms. The van der Waals surface area contributed by atoms with Gasteiger partial charge in [0.1, 0.15) is 0 Å². The molecule has 2 radical (unpaired) electrons. The molecule has 0 aromatic heterocycles. The molecule has 0 atom stereocenters. The molecule has 0 unspecified atom stereocenters. The average Bonchev–Trinajstić information content (AvgIpc) is 3.65. The Balaban J connectivity index is 0.000000229. The normalized spacial score (nSPS) is 10.3. The molecule has 0 N–H and O–H groups in total. The molecular formula is C44H44SiZr-4. The van der Waals surface area contributed by atoms with Gasteiger partial charge in [0.05, 0.1) is 0 Å². The molecule has 0 fully saturated rings. The maximum absolute atomic E-state index is 3.06. The Morgan fingerprint density at radius 2 is 1.09 bits per heavy atom. The number of fused-ring (bicyclic) bond motifs is 2. The van der Waals surface area contributed by atoms with Crippen LogP contribution in [0.5, 0.6) is 0 Å². The number of hydrogen-bond acceptors (Lipinski definition) is 0. The molecule has 0 aliphatic heterocycles. The fraction of sp³-hybridized carbons (Fsp3) is 0.136. The zero-order chi connectivity index (χ0) is 31.2. The first-order chi connectivity index (χ1) is 21.4. The van der Waals surface area contributed by atoms with Gasteiger partial charge in [0, 0.05) is 0 Å². The summed E-state index contributed by atoms with van der Waals surface area (Å²) in [5, 5.41) is 5.38. The summed E-state index contributed by atoms with van der Waals surface area (Å²) >= 11 is 1.36. The molecule has 7 aromatic carbocycles. The second-order valence-electron chi connectivity index (χ2n) is 11.9. The second-order valence-corrected chi connectivity index (χ2v) is 11.9. The summed E-state index contributed by atoms with van der Waals surface area (Å²) in [5.41, 5.74) is 13.2. The van der Waals surface area contributed by atoms with Crippen LogP contribution in [0.15, 0.2) is 133 Å². The summed E-state index contributed by atoms with van der Waals surface area (Å²) in [6.07, 6.45) is 0. The van der Waals surface area contributed by atoms with E-state index in [9.17, 15) is 0 Å². The Labute approximate surface area is 294 Å². The molecule has 0 heterocycles. The van der Waals surface area contributed by atoms with E-state index in [0.717, 1.165) is 0 Å². The Bertz CT molecular complexity index is 1970. The molecule has 7 rings (SSSR count). The molecule has 0 saturated carbocycles. The van der Waals surface area contributed by atoms with Crippen LogP contribution in [0.25, 0.3) is 54.9 Å².